The van der Waals surface area contributed by atoms with Crippen molar-refractivity contribution in [2.75, 3.05) is 19.7 Å². The summed E-state index contributed by atoms with van der Waals surface area (Å²) in [5, 5.41) is 11.7. The van der Waals surface area contributed by atoms with Gasteiger partial charge < -0.3 is 10.4 Å². The Balaban J connectivity index is 0.000000165. The Labute approximate surface area is 98.7 Å². The Hall–Kier alpha value is -0.860. The predicted molar refractivity (Wildman–Crippen MR) is 68.6 cm³/mol. The minimum Gasteiger partial charge on any atom is -0.396 e. The molecule has 1 aliphatic heterocycles. The molecule has 0 radical (unpaired) electrons. The van der Waals surface area contributed by atoms with Gasteiger partial charge in [0.15, 0.2) is 0 Å². The van der Waals surface area contributed by atoms with Crippen molar-refractivity contribution in [3.8, 4) is 0 Å². The van der Waals surface area contributed by atoms with Gasteiger partial charge in [0, 0.05) is 13.2 Å². The highest BCUT2D eigenvalue weighted by atomic mass is 16.3. The van der Waals surface area contributed by atoms with E-state index in [9.17, 15) is 0 Å². The van der Waals surface area contributed by atoms with E-state index >= 15 is 0 Å². The van der Waals surface area contributed by atoms with Crippen LogP contribution in [0.5, 0.6) is 0 Å². The first-order chi connectivity index (χ1) is 7.74. The molecule has 1 saturated heterocycles. The second-order valence-electron chi connectivity index (χ2n) is 4.61. The number of rotatable bonds is 2. The third-order valence-electron chi connectivity index (χ3n) is 2.89. The van der Waals surface area contributed by atoms with Gasteiger partial charge in [0.1, 0.15) is 0 Å². The van der Waals surface area contributed by atoms with Crippen molar-refractivity contribution < 1.29 is 5.11 Å². The summed E-state index contributed by atoms with van der Waals surface area (Å²) < 4.78 is 0. The fraction of sp³-hybridized carbons (Fsp3) is 0.571. The average molecular weight is 221 g/mol. The first-order valence-corrected chi connectivity index (χ1v) is 6.10. The van der Waals surface area contributed by atoms with Crippen LogP contribution in [0, 0.1) is 5.92 Å². The smallest absolute Gasteiger partial charge is 0.0471 e. The normalized spacial score (nSPS) is 19.4. The van der Waals surface area contributed by atoms with E-state index in [1.807, 2.05) is 6.07 Å². The van der Waals surface area contributed by atoms with Crippen LogP contribution in [-0.4, -0.2) is 24.8 Å². The Bertz CT molecular complexity index is 265. The molecule has 0 bridgehead atoms. The third kappa shape index (κ3) is 4.77. The summed E-state index contributed by atoms with van der Waals surface area (Å²) >= 11 is 0. The van der Waals surface area contributed by atoms with Crippen molar-refractivity contribution in [1.29, 1.82) is 0 Å². The molecule has 1 heterocycles. The second kappa shape index (κ2) is 7.42. The highest BCUT2D eigenvalue weighted by Gasteiger charge is 2.11. The molecule has 2 N–H and O–H groups in total. The molecular formula is C14H23NO. The Morgan fingerprint density at radius 1 is 1.31 bits per heavy atom. The Morgan fingerprint density at radius 3 is 2.31 bits per heavy atom. The number of aliphatic hydroxyl groups excluding tert-OH is 1. The zero-order chi connectivity index (χ0) is 11.8. The van der Waals surface area contributed by atoms with E-state index in [2.05, 4.69) is 43.4 Å². The van der Waals surface area contributed by atoms with Crippen molar-refractivity contribution in [3.63, 3.8) is 0 Å². The lowest BCUT2D eigenvalue weighted by Gasteiger charge is -2.01. The highest BCUT2D eigenvalue weighted by molar-refractivity contribution is 5.17. The molecule has 0 spiro atoms. The predicted octanol–water partition coefficient (Wildman–Crippen LogP) is 2.40. The molecule has 90 valence electrons. The summed E-state index contributed by atoms with van der Waals surface area (Å²) in [7, 11) is 0. The van der Waals surface area contributed by atoms with Gasteiger partial charge in [-0.1, -0.05) is 44.2 Å². The third-order valence-corrected chi connectivity index (χ3v) is 2.89. The fourth-order valence-corrected chi connectivity index (χ4v) is 1.71. The lowest BCUT2D eigenvalue weighted by Crippen LogP contribution is -2.11. The van der Waals surface area contributed by atoms with Crippen LogP contribution < -0.4 is 5.32 Å². The van der Waals surface area contributed by atoms with E-state index in [4.69, 9.17) is 5.11 Å². The van der Waals surface area contributed by atoms with E-state index in [0.717, 1.165) is 19.5 Å². The average Bonchev–Trinajstić information content (AvgIpc) is 2.84. The summed E-state index contributed by atoms with van der Waals surface area (Å²) in [5.41, 5.74) is 1.41. The minimum atomic E-state index is 0.354. The summed E-state index contributed by atoms with van der Waals surface area (Å²) in [6.07, 6.45) is 1.15. The molecule has 2 heteroatoms. The van der Waals surface area contributed by atoms with Crippen LogP contribution in [0.1, 0.15) is 31.7 Å². The van der Waals surface area contributed by atoms with E-state index in [0.29, 0.717) is 18.4 Å². The number of hydrogen-bond acceptors (Lipinski definition) is 2. The molecule has 0 aromatic heterocycles. The minimum absolute atomic E-state index is 0.354. The maximum atomic E-state index is 8.53. The molecule has 1 aliphatic rings. The molecule has 1 aromatic carbocycles. The van der Waals surface area contributed by atoms with Crippen molar-refractivity contribution in [1.82, 2.24) is 5.32 Å². The lowest BCUT2D eigenvalue weighted by atomic mass is 10.0. The molecule has 1 atom stereocenters. The van der Waals surface area contributed by atoms with Crippen molar-refractivity contribution in [2.24, 2.45) is 5.92 Å². The quantitative estimate of drug-likeness (QED) is 0.803. The number of aliphatic hydroxyl groups is 1. The molecule has 16 heavy (non-hydrogen) atoms. The Kier molecular flexibility index (Phi) is 6.12. The molecule has 1 aromatic rings. The SMILES string of the molecule is CC(C)c1ccccc1.OC[C@H]1CCNC1. The first kappa shape index (κ1) is 13.2. The highest BCUT2D eigenvalue weighted by Crippen LogP contribution is 2.11. The van der Waals surface area contributed by atoms with E-state index in [1.54, 1.807) is 0 Å². The van der Waals surface area contributed by atoms with Crippen LogP contribution in [0.4, 0.5) is 0 Å². The maximum absolute atomic E-state index is 8.53. The largest absolute Gasteiger partial charge is 0.396 e. The van der Waals surface area contributed by atoms with E-state index in [-0.39, 0.29) is 0 Å². The molecule has 2 nitrogen and oxygen atoms in total. The van der Waals surface area contributed by atoms with Gasteiger partial charge in [-0.2, -0.15) is 0 Å². The molecule has 1 fully saturated rings. The molecule has 0 aliphatic carbocycles. The summed E-state index contributed by atoms with van der Waals surface area (Å²) in [6, 6.07) is 10.5. The van der Waals surface area contributed by atoms with Gasteiger partial charge in [-0.05, 0) is 30.4 Å². The van der Waals surface area contributed by atoms with E-state index < -0.39 is 0 Å². The van der Waals surface area contributed by atoms with Crippen molar-refractivity contribution >= 4 is 0 Å². The van der Waals surface area contributed by atoms with Crippen LogP contribution in [-0.2, 0) is 0 Å². The van der Waals surface area contributed by atoms with Crippen LogP contribution in [0.25, 0.3) is 0 Å². The van der Waals surface area contributed by atoms with Crippen molar-refractivity contribution in [3.05, 3.63) is 35.9 Å². The molecule has 0 saturated carbocycles. The van der Waals surface area contributed by atoms with Gasteiger partial charge >= 0.3 is 0 Å². The standard InChI is InChI=1S/C9H12.C5H11NO/c1-8(2)9-6-4-3-5-7-9;7-4-5-1-2-6-3-5/h3-8H,1-2H3;5-7H,1-4H2/t;5-/m.0/s1. The fourth-order valence-electron chi connectivity index (χ4n) is 1.71. The molecule has 0 unspecified atom stereocenters. The van der Waals surface area contributed by atoms with Gasteiger partial charge in [-0.15, -0.1) is 0 Å². The monoisotopic (exact) mass is 221 g/mol. The zero-order valence-electron chi connectivity index (χ0n) is 10.3. The number of hydrogen-bond donors (Lipinski definition) is 2. The topological polar surface area (TPSA) is 32.3 Å². The van der Waals surface area contributed by atoms with Crippen LogP contribution >= 0.6 is 0 Å². The maximum Gasteiger partial charge on any atom is 0.0471 e. The van der Waals surface area contributed by atoms with Crippen molar-refractivity contribution in [2.45, 2.75) is 26.2 Å². The Morgan fingerprint density at radius 2 is 2.00 bits per heavy atom. The summed E-state index contributed by atoms with van der Waals surface area (Å²) in [6.45, 7) is 6.86. The summed E-state index contributed by atoms with van der Waals surface area (Å²) in [5.74, 6) is 1.20. The van der Waals surface area contributed by atoms with E-state index in [1.165, 1.54) is 5.56 Å². The second-order valence-corrected chi connectivity index (χ2v) is 4.61. The van der Waals surface area contributed by atoms with Crippen LogP contribution in [0.15, 0.2) is 30.3 Å². The van der Waals surface area contributed by atoms with Gasteiger partial charge in [0.05, 0.1) is 0 Å². The van der Waals surface area contributed by atoms with Crippen LogP contribution in [0.3, 0.4) is 0 Å². The lowest BCUT2D eigenvalue weighted by molar-refractivity contribution is 0.237. The van der Waals surface area contributed by atoms with Gasteiger partial charge in [0.2, 0.25) is 0 Å². The van der Waals surface area contributed by atoms with Gasteiger partial charge in [0.25, 0.3) is 0 Å². The molecule has 0 amide bonds. The van der Waals surface area contributed by atoms with Gasteiger partial charge in [-0.3, -0.25) is 0 Å². The van der Waals surface area contributed by atoms with Crippen LogP contribution in [0.2, 0.25) is 0 Å². The number of nitrogens with one attached hydrogen (secondary N) is 1. The number of benzene rings is 1. The zero-order valence-corrected chi connectivity index (χ0v) is 10.3. The first-order valence-electron chi connectivity index (χ1n) is 6.10. The molecular weight excluding hydrogens is 198 g/mol. The van der Waals surface area contributed by atoms with Gasteiger partial charge in [-0.25, -0.2) is 0 Å². The summed E-state index contributed by atoms with van der Waals surface area (Å²) in [4.78, 5) is 0. The molecule has 2 rings (SSSR count).